The van der Waals surface area contributed by atoms with Crippen molar-refractivity contribution >= 4 is 35.0 Å². The first kappa shape index (κ1) is 16.5. The quantitative estimate of drug-likeness (QED) is 0.684. The molecule has 1 aliphatic carbocycles. The Hall–Kier alpha value is -1.62. The largest absolute Gasteiger partial charge is 0.369 e. The third-order valence-corrected chi connectivity index (χ3v) is 7.44. The zero-order chi connectivity index (χ0) is 18.0. The molecule has 0 radical (unpaired) electrons. The lowest BCUT2D eigenvalue weighted by atomic mass is 9.85. The number of nitrogens with two attached hydrogens (primary N) is 1. The van der Waals surface area contributed by atoms with E-state index in [1.54, 1.807) is 0 Å². The van der Waals surface area contributed by atoms with E-state index in [4.69, 9.17) is 5.73 Å². The van der Waals surface area contributed by atoms with Gasteiger partial charge in [-0.2, -0.15) is 0 Å². The second-order valence-electron chi connectivity index (χ2n) is 7.11. The van der Waals surface area contributed by atoms with E-state index in [2.05, 4.69) is 44.4 Å². The Morgan fingerprint density at radius 2 is 2.23 bits per heavy atom. The zero-order valence-electron chi connectivity index (χ0n) is 14.7. The SMILES string of the molecule is CC1NC2c3c(sc4c3[C@@H](C)CCC4)-n3c(SCC(N)=O)nnc3N2N1. The maximum Gasteiger partial charge on any atom is 0.249 e. The summed E-state index contributed by atoms with van der Waals surface area (Å²) < 4.78 is 2.09. The van der Waals surface area contributed by atoms with Gasteiger partial charge in [0.2, 0.25) is 11.9 Å². The van der Waals surface area contributed by atoms with Crippen LogP contribution in [0.25, 0.3) is 5.00 Å². The number of hydrogen-bond acceptors (Lipinski definition) is 8. The second kappa shape index (κ2) is 5.95. The highest BCUT2D eigenvalue weighted by molar-refractivity contribution is 7.99. The predicted octanol–water partition coefficient (Wildman–Crippen LogP) is 1.62. The molecule has 2 aliphatic heterocycles. The van der Waals surface area contributed by atoms with Crippen LogP contribution in [0, 0.1) is 0 Å². The molecule has 3 aliphatic rings. The van der Waals surface area contributed by atoms with Gasteiger partial charge in [0.1, 0.15) is 11.2 Å². The van der Waals surface area contributed by atoms with Gasteiger partial charge in [0.05, 0.1) is 11.9 Å². The van der Waals surface area contributed by atoms with Crippen LogP contribution < -0.4 is 21.5 Å². The van der Waals surface area contributed by atoms with Crippen molar-refractivity contribution < 1.29 is 4.79 Å². The van der Waals surface area contributed by atoms with Crippen LogP contribution in [0.3, 0.4) is 0 Å². The smallest absolute Gasteiger partial charge is 0.249 e. The fraction of sp³-hybridized carbons (Fsp3) is 0.562. The molecule has 0 saturated carbocycles. The molecule has 1 amide bonds. The number of fused-ring (bicyclic) bond motifs is 8. The predicted molar refractivity (Wildman–Crippen MR) is 101 cm³/mol. The lowest BCUT2D eigenvalue weighted by molar-refractivity contribution is -0.115. The van der Waals surface area contributed by atoms with E-state index >= 15 is 0 Å². The van der Waals surface area contributed by atoms with Crippen LogP contribution in [0.1, 0.15) is 54.8 Å². The van der Waals surface area contributed by atoms with E-state index in [0.29, 0.717) is 11.1 Å². The molecule has 1 fully saturated rings. The van der Waals surface area contributed by atoms with E-state index in [1.807, 2.05) is 11.3 Å². The summed E-state index contributed by atoms with van der Waals surface area (Å²) in [5.41, 5.74) is 11.6. The van der Waals surface area contributed by atoms with Gasteiger partial charge in [-0.25, -0.2) is 9.99 Å². The highest BCUT2D eigenvalue weighted by Crippen LogP contribution is 2.50. The fourth-order valence-corrected chi connectivity index (χ4v) is 6.43. The molecule has 138 valence electrons. The fourth-order valence-electron chi connectivity index (χ4n) is 4.20. The summed E-state index contributed by atoms with van der Waals surface area (Å²) in [6, 6.07) is 0. The van der Waals surface area contributed by atoms with Crippen LogP contribution in [0.15, 0.2) is 5.16 Å². The van der Waals surface area contributed by atoms with Crippen molar-refractivity contribution in [3.05, 3.63) is 16.0 Å². The van der Waals surface area contributed by atoms with E-state index in [1.165, 1.54) is 45.6 Å². The molecule has 0 bridgehead atoms. The van der Waals surface area contributed by atoms with Gasteiger partial charge in [-0.1, -0.05) is 18.7 Å². The minimum absolute atomic E-state index is 0.0613. The first-order valence-electron chi connectivity index (χ1n) is 8.88. The first-order valence-corrected chi connectivity index (χ1v) is 10.7. The van der Waals surface area contributed by atoms with Gasteiger partial charge >= 0.3 is 0 Å². The normalized spacial score (nSPS) is 26.2. The highest BCUT2D eigenvalue weighted by Gasteiger charge is 2.44. The van der Waals surface area contributed by atoms with E-state index in [-0.39, 0.29) is 24.0 Å². The molecule has 3 atom stereocenters. The number of carbonyl (C=O) groups excluding carboxylic acids is 1. The molecule has 0 aromatic carbocycles. The molecule has 2 aromatic rings. The maximum atomic E-state index is 11.2. The molecule has 2 unspecified atom stereocenters. The molecule has 4 heterocycles. The van der Waals surface area contributed by atoms with Gasteiger partial charge in [-0.05, 0) is 37.7 Å². The Labute approximate surface area is 159 Å². The van der Waals surface area contributed by atoms with Gasteiger partial charge < -0.3 is 5.73 Å². The second-order valence-corrected chi connectivity index (χ2v) is 9.14. The molecule has 0 spiro atoms. The van der Waals surface area contributed by atoms with Crippen molar-refractivity contribution in [3.8, 4) is 5.00 Å². The van der Waals surface area contributed by atoms with Crippen LogP contribution in [0.4, 0.5) is 5.95 Å². The lowest BCUT2D eigenvalue weighted by Crippen LogP contribution is -2.40. The van der Waals surface area contributed by atoms with E-state index in [9.17, 15) is 4.79 Å². The first-order chi connectivity index (χ1) is 12.5. The Morgan fingerprint density at radius 1 is 1.38 bits per heavy atom. The van der Waals surface area contributed by atoms with Crippen LogP contribution in [0.2, 0.25) is 0 Å². The summed E-state index contributed by atoms with van der Waals surface area (Å²) in [7, 11) is 0. The molecular formula is C16H21N7OS2. The Morgan fingerprint density at radius 3 is 3.04 bits per heavy atom. The number of aromatic nitrogens is 3. The van der Waals surface area contributed by atoms with Crippen LogP contribution in [0.5, 0.6) is 0 Å². The number of hydrogen-bond donors (Lipinski definition) is 3. The van der Waals surface area contributed by atoms with E-state index in [0.717, 1.165) is 12.4 Å². The number of nitrogens with zero attached hydrogens (tertiary/aromatic N) is 4. The summed E-state index contributed by atoms with van der Waals surface area (Å²) in [5.74, 6) is 1.16. The number of rotatable bonds is 3. The van der Waals surface area contributed by atoms with Crippen molar-refractivity contribution in [2.45, 2.75) is 56.5 Å². The van der Waals surface area contributed by atoms with Gasteiger partial charge in [0.25, 0.3) is 0 Å². The molecule has 8 nitrogen and oxygen atoms in total. The molecule has 26 heavy (non-hydrogen) atoms. The van der Waals surface area contributed by atoms with Gasteiger partial charge in [0.15, 0.2) is 5.16 Å². The molecule has 10 heteroatoms. The number of nitrogens with one attached hydrogen (secondary N) is 2. The summed E-state index contributed by atoms with van der Waals surface area (Å²) >= 11 is 3.19. The Kier molecular flexibility index (Phi) is 3.78. The molecular weight excluding hydrogens is 370 g/mol. The number of carbonyl (C=O) groups is 1. The van der Waals surface area contributed by atoms with Crippen molar-refractivity contribution in [1.29, 1.82) is 0 Å². The Bertz CT molecular complexity index is 892. The van der Waals surface area contributed by atoms with Crippen LogP contribution in [-0.4, -0.2) is 32.6 Å². The topological polar surface area (TPSA) is 101 Å². The summed E-state index contributed by atoms with van der Waals surface area (Å²) in [4.78, 5) is 12.7. The number of thiophene rings is 1. The van der Waals surface area contributed by atoms with Crippen LogP contribution >= 0.6 is 23.1 Å². The number of aryl methyl sites for hydroxylation is 1. The average molecular weight is 392 g/mol. The monoisotopic (exact) mass is 391 g/mol. The molecule has 5 rings (SSSR count). The summed E-state index contributed by atoms with van der Waals surface area (Å²) in [6.07, 6.45) is 3.80. The van der Waals surface area contributed by atoms with Crippen molar-refractivity contribution in [2.24, 2.45) is 5.73 Å². The maximum absolute atomic E-state index is 11.2. The number of amides is 1. The standard InChI is InChI=1S/C16H21N7OS2/c1-7-4-3-5-9-11(7)12-13-18-8(2)21-23(13)15-19-20-16(25-6-10(17)24)22(15)14(12)26-9/h7-8,13,18,21H,3-6H2,1-2H3,(H2,17,24)/t7-,8?,13?/m0/s1. The van der Waals surface area contributed by atoms with Crippen LogP contribution in [-0.2, 0) is 11.2 Å². The van der Waals surface area contributed by atoms with Crippen molar-refractivity contribution in [2.75, 3.05) is 10.8 Å². The average Bonchev–Trinajstić information content (AvgIpc) is 3.26. The molecule has 4 N–H and O–H groups in total. The van der Waals surface area contributed by atoms with Gasteiger partial charge in [0, 0.05) is 10.4 Å². The Balaban J connectivity index is 1.70. The third kappa shape index (κ3) is 2.32. The minimum Gasteiger partial charge on any atom is -0.369 e. The number of primary amides is 1. The summed E-state index contributed by atoms with van der Waals surface area (Å²) in [6.45, 7) is 4.43. The minimum atomic E-state index is -0.352. The number of thioether (sulfide) groups is 1. The zero-order valence-corrected chi connectivity index (χ0v) is 16.3. The van der Waals surface area contributed by atoms with Gasteiger partial charge in [-0.3, -0.25) is 15.1 Å². The molecule has 1 saturated heterocycles. The third-order valence-electron chi connectivity index (χ3n) is 5.23. The lowest BCUT2D eigenvalue weighted by Gasteiger charge is -2.32. The molecule has 2 aromatic heterocycles. The number of hydrazine groups is 1. The van der Waals surface area contributed by atoms with Gasteiger partial charge in [-0.15, -0.1) is 21.5 Å². The van der Waals surface area contributed by atoms with Crippen molar-refractivity contribution in [3.63, 3.8) is 0 Å². The number of anilines is 1. The summed E-state index contributed by atoms with van der Waals surface area (Å²) in [5, 5.41) is 16.3. The van der Waals surface area contributed by atoms with Crippen molar-refractivity contribution in [1.82, 2.24) is 25.5 Å². The highest BCUT2D eigenvalue weighted by atomic mass is 32.2. The van der Waals surface area contributed by atoms with E-state index < -0.39 is 0 Å².